The van der Waals surface area contributed by atoms with Crippen molar-refractivity contribution in [3.63, 3.8) is 0 Å². The van der Waals surface area contributed by atoms with Crippen LogP contribution in [0.15, 0.2) is 23.7 Å². The summed E-state index contributed by atoms with van der Waals surface area (Å²) in [4.78, 5) is 13.8. The number of carbonyl (C=O) groups is 1. The summed E-state index contributed by atoms with van der Waals surface area (Å²) in [7, 11) is 1.58. The molecule has 0 aliphatic carbocycles. The smallest absolute Gasteiger partial charge is 0.257 e. The fraction of sp³-hybridized carbons (Fsp3) is 0.538. The van der Waals surface area contributed by atoms with E-state index >= 15 is 0 Å². The van der Waals surface area contributed by atoms with E-state index in [4.69, 9.17) is 15.9 Å². The first-order valence-corrected chi connectivity index (χ1v) is 6.41. The Kier molecular flexibility index (Phi) is 6.89. The summed E-state index contributed by atoms with van der Waals surface area (Å²) in [5, 5.41) is 10.6. The number of rotatable bonds is 7. The topological polar surface area (TPSA) is 91.4 Å². The number of likely N-dealkylation sites (tertiary alicyclic amines) is 1. The van der Waals surface area contributed by atoms with Gasteiger partial charge < -0.3 is 26.1 Å². The van der Waals surface area contributed by atoms with Crippen molar-refractivity contribution in [1.82, 2.24) is 10.2 Å². The predicted octanol–water partition coefficient (Wildman–Crippen LogP) is 0.170. The van der Waals surface area contributed by atoms with Crippen molar-refractivity contribution in [2.75, 3.05) is 39.9 Å². The van der Waals surface area contributed by atoms with Gasteiger partial charge in [-0.25, -0.2) is 4.39 Å². The number of carbonyl (C=O) groups excluding carboxylic acids is 1. The first-order chi connectivity index (χ1) is 9.63. The van der Waals surface area contributed by atoms with E-state index in [0.717, 1.165) is 0 Å². The van der Waals surface area contributed by atoms with E-state index in [1.54, 1.807) is 12.0 Å². The average molecular weight is 284 g/mol. The summed E-state index contributed by atoms with van der Waals surface area (Å²) in [5.41, 5.74) is 6.32. The molecule has 0 unspecified atom stereocenters. The van der Waals surface area contributed by atoms with Gasteiger partial charge in [0.15, 0.2) is 0 Å². The Morgan fingerprint density at radius 1 is 1.65 bits per heavy atom. The molecule has 1 saturated heterocycles. The van der Waals surface area contributed by atoms with Crippen molar-refractivity contribution in [3.8, 4) is 0 Å². The van der Waals surface area contributed by atoms with Gasteiger partial charge in [-0.1, -0.05) is 0 Å². The number of hydrogen-bond donors (Lipinski definition) is 3. The summed E-state index contributed by atoms with van der Waals surface area (Å²) >= 11 is 0. The third-order valence-corrected chi connectivity index (χ3v) is 3.03. The quantitative estimate of drug-likeness (QED) is 0.581. The molecule has 7 heteroatoms. The second-order valence-electron chi connectivity index (χ2n) is 4.42. The van der Waals surface area contributed by atoms with E-state index < -0.39 is 0 Å². The van der Waals surface area contributed by atoms with Crippen molar-refractivity contribution < 1.29 is 13.9 Å². The zero-order chi connectivity index (χ0) is 15.0. The van der Waals surface area contributed by atoms with E-state index in [9.17, 15) is 9.18 Å². The molecule has 0 atom stereocenters. The lowest BCUT2D eigenvalue weighted by Crippen LogP contribution is -2.43. The van der Waals surface area contributed by atoms with Crippen LogP contribution in [-0.4, -0.2) is 56.4 Å². The molecule has 1 aliphatic rings. The predicted molar refractivity (Wildman–Crippen MR) is 75.1 cm³/mol. The SMILES string of the molecule is COCCN1CCC(=N)/C(=C\NC/C(=C/F)CN)C1=O. The standard InChI is InChI=1S/C13H21FN4O2/c1-20-5-4-18-3-2-12(16)11(13(18)19)9-17-8-10(6-14)7-15/h6,9,16-17H,2-5,7-8,15H2,1H3/b10-6+,11-9+,16-12?. The van der Waals surface area contributed by atoms with Crippen molar-refractivity contribution in [2.45, 2.75) is 6.42 Å². The molecule has 1 fully saturated rings. The number of amides is 1. The molecule has 0 spiro atoms. The minimum absolute atomic E-state index is 0.109. The van der Waals surface area contributed by atoms with Crippen LogP contribution in [0.2, 0.25) is 0 Å². The molecular formula is C13H21FN4O2. The summed E-state index contributed by atoms with van der Waals surface area (Å²) in [5.74, 6) is -0.204. The number of halogens is 1. The normalized spacial score (nSPS) is 18.9. The van der Waals surface area contributed by atoms with E-state index in [-0.39, 0.29) is 24.7 Å². The van der Waals surface area contributed by atoms with Crippen LogP contribution in [0, 0.1) is 5.41 Å². The molecule has 0 bridgehead atoms. The molecule has 20 heavy (non-hydrogen) atoms. The summed E-state index contributed by atoms with van der Waals surface area (Å²) in [6, 6.07) is 0. The molecule has 1 rings (SSSR count). The highest BCUT2D eigenvalue weighted by Crippen LogP contribution is 2.13. The Morgan fingerprint density at radius 2 is 2.40 bits per heavy atom. The molecule has 112 valence electrons. The van der Waals surface area contributed by atoms with Crippen LogP contribution in [0.1, 0.15) is 6.42 Å². The number of nitrogens with two attached hydrogens (primary N) is 1. The van der Waals surface area contributed by atoms with E-state index in [2.05, 4.69) is 5.32 Å². The Balaban J connectivity index is 2.65. The largest absolute Gasteiger partial charge is 0.386 e. The lowest BCUT2D eigenvalue weighted by Gasteiger charge is -2.28. The van der Waals surface area contributed by atoms with Gasteiger partial charge in [0.05, 0.1) is 18.5 Å². The fourth-order valence-electron chi connectivity index (χ4n) is 1.79. The van der Waals surface area contributed by atoms with Crippen molar-refractivity contribution in [3.05, 3.63) is 23.7 Å². The van der Waals surface area contributed by atoms with Crippen LogP contribution in [-0.2, 0) is 9.53 Å². The highest BCUT2D eigenvalue weighted by Gasteiger charge is 2.26. The molecule has 4 N–H and O–H groups in total. The summed E-state index contributed by atoms with van der Waals surface area (Å²) in [6.45, 7) is 1.81. The van der Waals surface area contributed by atoms with E-state index in [0.29, 0.717) is 43.6 Å². The van der Waals surface area contributed by atoms with Crippen LogP contribution in [0.25, 0.3) is 0 Å². The minimum Gasteiger partial charge on any atom is -0.386 e. The Hall–Kier alpha value is -1.73. The van der Waals surface area contributed by atoms with Crippen molar-refractivity contribution in [1.29, 1.82) is 5.41 Å². The number of piperidine rings is 1. The van der Waals surface area contributed by atoms with Gasteiger partial charge in [-0.3, -0.25) is 4.79 Å². The Bertz CT molecular complexity index is 421. The van der Waals surface area contributed by atoms with E-state index in [1.807, 2.05) is 0 Å². The van der Waals surface area contributed by atoms with Gasteiger partial charge in [0.25, 0.3) is 5.91 Å². The number of nitrogens with one attached hydrogen (secondary N) is 2. The van der Waals surface area contributed by atoms with Gasteiger partial charge in [-0.15, -0.1) is 0 Å². The first kappa shape index (κ1) is 16.3. The average Bonchev–Trinajstić information content (AvgIpc) is 2.46. The van der Waals surface area contributed by atoms with Crippen LogP contribution in [0.4, 0.5) is 4.39 Å². The molecule has 1 amide bonds. The van der Waals surface area contributed by atoms with Crippen LogP contribution >= 0.6 is 0 Å². The number of ether oxygens (including phenoxy) is 1. The van der Waals surface area contributed by atoms with Crippen LogP contribution in [0.5, 0.6) is 0 Å². The van der Waals surface area contributed by atoms with Crippen LogP contribution < -0.4 is 11.1 Å². The lowest BCUT2D eigenvalue weighted by molar-refractivity contribution is -0.127. The number of hydrogen-bond acceptors (Lipinski definition) is 5. The van der Waals surface area contributed by atoms with Crippen LogP contribution in [0.3, 0.4) is 0 Å². The van der Waals surface area contributed by atoms with Gasteiger partial charge in [0.1, 0.15) is 0 Å². The molecule has 0 saturated carbocycles. The zero-order valence-electron chi connectivity index (χ0n) is 11.6. The molecular weight excluding hydrogens is 263 g/mol. The summed E-state index contributed by atoms with van der Waals surface area (Å²) in [6.07, 6.45) is 2.42. The third-order valence-electron chi connectivity index (χ3n) is 3.03. The molecule has 1 aliphatic heterocycles. The first-order valence-electron chi connectivity index (χ1n) is 6.41. The molecule has 0 radical (unpaired) electrons. The number of nitrogens with zero attached hydrogens (tertiary/aromatic N) is 1. The lowest BCUT2D eigenvalue weighted by atomic mass is 10.0. The minimum atomic E-state index is -0.204. The van der Waals surface area contributed by atoms with Gasteiger partial charge in [0, 0.05) is 51.6 Å². The molecule has 6 nitrogen and oxygen atoms in total. The van der Waals surface area contributed by atoms with Crippen molar-refractivity contribution in [2.24, 2.45) is 5.73 Å². The van der Waals surface area contributed by atoms with Gasteiger partial charge in [-0.05, 0) is 5.57 Å². The molecule has 1 heterocycles. The third kappa shape index (κ3) is 4.43. The summed E-state index contributed by atoms with van der Waals surface area (Å²) < 4.78 is 17.3. The van der Waals surface area contributed by atoms with Gasteiger partial charge >= 0.3 is 0 Å². The maximum atomic E-state index is 12.3. The fourth-order valence-corrected chi connectivity index (χ4v) is 1.79. The molecule has 0 aromatic heterocycles. The van der Waals surface area contributed by atoms with E-state index in [1.165, 1.54) is 6.20 Å². The van der Waals surface area contributed by atoms with Crippen molar-refractivity contribution >= 4 is 11.6 Å². The second kappa shape index (κ2) is 8.44. The van der Waals surface area contributed by atoms with Gasteiger partial charge in [-0.2, -0.15) is 0 Å². The van der Waals surface area contributed by atoms with Gasteiger partial charge in [0.2, 0.25) is 0 Å². The zero-order valence-corrected chi connectivity index (χ0v) is 11.6. The molecule has 0 aromatic rings. The maximum absolute atomic E-state index is 12.3. The maximum Gasteiger partial charge on any atom is 0.257 e. The second-order valence-corrected chi connectivity index (χ2v) is 4.42. The Morgan fingerprint density at radius 3 is 3.00 bits per heavy atom. The Labute approximate surface area is 118 Å². The molecule has 0 aromatic carbocycles. The highest BCUT2D eigenvalue weighted by molar-refractivity contribution is 6.21. The monoisotopic (exact) mass is 284 g/mol. The number of methoxy groups -OCH3 is 1. The highest BCUT2D eigenvalue weighted by atomic mass is 19.1.